The number of aryl methyl sites for hydroxylation is 1. The van der Waals surface area contributed by atoms with Gasteiger partial charge in [-0.2, -0.15) is 0 Å². The molecule has 4 nitrogen and oxygen atoms in total. The zero-order valence-corrected chi connectivity index (χ0v) is 8.99. The van der Waals surface area contributed by atoms with Crippen LogP contribution in [0.1, 0.15) is 16.8 Å². The number of H-pyrrole nitrogens is 1. The summed E-state index contributed by atoms with van der Waals surface area (Å²) in [6.45, 7) is 2.93. The molecule has 0 bridgehead atoms. The zero-order chi connectivity index (χ0) is 11.1. The van der Waals surface area contributed by atoms with Crippen LogP contribution in [-0.4, -0.2) is 9.78 Å². The lowest BCUT2D eigenvalue weighted by molar-refractivity contribution is 0.130. The predicted octanol–water partition coefficient (Wildman–Crippen LogP) is 1.50. The lowest BCUT2D eigenvalue weighted by Crippen LogP contribution is -2.17. The van der Waals surface area contributed by atoms with Crippen molar-refractivity contribution >= 4 is 0 Å². The fourth-order valence-corrected chi connectivity index (χ4v) is 1.99. The third kappa shape index (κ3) is 1.31. The molecule has 3 rings (SSSR count). The third-order valence-corrected chi connectivity index (χ3v) is 2.82. The van der Waals surface area contributed by atoms with Crippen molar-refractivity contribution in [3.63, 3.8) is 0 Å². The minimum absolute atomic E-state index is 0.00176. The van der Waals surface area contributed by atoms with Gasteiger partial charge in [-0.1, -0.05) is 12.1 Å². The van der Waals surface area contributed by atoms with E-state index in [-0.39, 0.29) is 5.56 Å². The molecule has 2 heterocycles. The van der Waals surface area contributed by atoms with E-state index in [0.29, 0.717) is 13.2 Å². The maximum atomic E-state index is 12.0. The summed E-state index contributed by atoms with van der Waals surface area (Å²) in [5.74, 6) is 0. The van der Waals surface area contributed by atoms with Crippen LogP contribution in [0.3, 0.4) is 0 Å². The fourth-order valence-electron chi connectivity index (χ4n) is 1.99. The van der Waals surface area contributed by atoms with E-state index < -0.39 is 0 Å². The number of aromatic amines is 1. The molecule has 4 heteroatoms. The zero-order valence-electron chi connectivity index (χ0n) is 8.99. The first kappa shape index (κ1) is 9.42. The largest absolute Gasteiger partial charge is 0.370 e. The second kappa shape index (κ2) is 3.35. The molecule has 1 aliphatic rings. The average Bonchev–Trinajstić information content (AvgIpc) is 2.82. The summed E-state index contributed by atoms with van der Waals surface area (Å²) in [5.41, 5.74) is 3.65. The molecule has 0 amide bonds. The number of hydrogen-bond acceptors (Lipinski definition) is 2. The Labute approximate surface area is 92.5 Å². The van der Waals surface area contributed by atoms with Gasteiger partial charge >= 0.3 is 0 Å². The summed E-state index contributed by atoms with van der Waals surface area (Å²) in [6.07, 6.45) is 0. The number of aromatic nitrogens is 2. The van der Waals surface area contributed by atoms with Gasteiger partial charge in [0, 0.05) is 0 Å². The Balaban J connectivity index is 2.18. The smallest absolute Gasteiger partial charge is 0.277 e. The van der Waals surface area contributed by atoms with Crippen molar-refractivity contribution in [3.8, 4) is 5.69 Å². The summed E-state index contributed by atoms with van der Waals surface area (Å²) in [7, 11) is 0. The maximum Gasteiger partial charge on any atom is 0.277 e. The molecular weight excluding hydrogens is 204 g/mol. The lowest BCUT2D eigenvalue weighted by Gasteiger charge is -2.03. The number of nitrogens with one attached hydrogen (secondary N) is 1. The number of hydrogen-bond donors (Lipinski definition) is 1. The normalized spacial score (nSPS) is 14.1. The van der Waals surface area contributed by atoms with Gasteiger partial charge in [0.05, 0.1) is 30.2 Å². The number of ether oxygens (including phenoxy) is 1. The van der Waals surface area contributed by atoms with Crippen LogP contribution in [0.5, 0.6) is 0 Å². The highest BCUT2D eigenvalue weighted by atomic mass is 16.5. The van der Waals surface area contributed by atoms with E-state index in [1.807, 2.05) is 31.2 Å². The Kier molecular flexibility index (Phi) is 1.97. The predicted molar refractivity (Wildman–Crippen MR) is 59.6 cm³/mol. The first-order valence-corrected chi connectivity index (χ1v) is 5.23. The van der Waals surface area contributed by atoms with Gasteiger partial charge in [-0.3, -0.25) is 9.89 Å². The second-order valence-corrected chi connectivity index (χ2v) is 4.04. The van der Waals surface area contributed by atoms with Gasteiger partial charge in [0.1, 0.15) is 0 Å². The van der Waals surface area contributed by atoms with E-state index in [9.17, 15) is 4.79 Å². The molecule has 1 aliphatic heterocycles. The van der Waals surface area contributed by atoms with Crippen molar-refractivity contribution < 1.29 is 4.74 Å². The van der Waals surface area contributed by atoms with Crippen molar-refractivity contribution in [1.82, 2.24) is 9.78 Å². The molecule has 1 aromatic carbocycles. The fraction of sp³-hybridized carbons (Fsp3) is 0.250. The Morgan fingerprint density at radius 2 is 2.25 bits per heavy atom. The number of nitrogens with zero attached hydrogens (tertiary/aromatic N) is 1. The molecule has 0 fully saturated rings. The van der Waals surface area contributed by atoms with E-state index in [1.165, 1.54) is 0 Å². The molecule has 0 saturated carbocycles. The van der Waals surface area contributed by atoms with Crippen LogP contribution in [0, 0.1) is 6.92 Å². The molecule has 0 unspecified atom stereocenters. The van der Waals surface area contributed by atoms with Gasteiger partial charge in [-0.25, -0.2) is 4.68 Å². The monoisotopic (exact) mass is 216 g/mol. The number of benzene rings is 1. The van der Waals surface area contributed by atoms with Crippen LogP contribution in [0.15, 0.2) is 29.1 Å². The standard InChI is InChI=1S/C12H12N2O2/c1-8-3-2-4-9(5-8)14-12(15)10-6-16-7-11(10)13-14/h2-5,13H,6-7H2,1H3. The third-order valence-electron chi connectivity index (χ3n) is 2.82. The summed E-state index contributed by atoms with van der Waals surface area (Å²) in [4.78, 5) is 12.0. The minimum Gasteiger partial charge on any atom is -0.370 e. The van der Waals surface area contributed by atoms with Crippen molar-refractivity contribution in [1.29, 1.82) is 0 Å². The van der Waals surface area contributed by atoms with Crippen molar-refractivity contribution in [3.05, 3.63) is 51.4 Å². The summed E-state index contributed by atoms with van der Waals surface area (Å²) in [5, 5.41) is 3.08. The molecule has 16 heavy (non-hydrogen) atoms. The van der Waals surface area contributed by atoms with Crippen LogP contribution in [0.25, 0.3) is 5.69 Å². The summed E-state index contributed by atoms with van der Waals surface area (Å²) in [6, 6.07) is 7.85. The van der Waals surface area contributed by atoms with Gasteiger partial charge in [0.2, 0.25) is 0 Å². The van der Waals surface area contributed by atoms with Crippen LogP contribution in [0.4, 0.5) is 0 Å². The Bertz CT molecular complexity index is 595. The van der Waals surface area contributed by atoms with Crippen LogP contribution < -0.4 is 5.56 Å². The van der Waals surface area contributed by atoms with E-state index >= 15 is 0 Å². The lowest BCUT2D eigenvalue weighted by atomic mass is 10.2. The topological polar surface area (TPSA) is 47.0 Å². The minimum atomic E-state index is -0.00176. The molecule has 1 aromatic heterocycles. The van der Waals surface area contributed by atoms with Gasteiger partial charge in [-0.05, 0) is 24.6 Å². The molecule has 0 spiro atoms. The van der Waals surface area contributed by atoms with E-state index in [0.717, 1.165) is 22.5 Å². The summed E-state index contributed by atoms with van der Waals surface area (Å²) >= 11 is 0. The Morgan fingerprint density at radius 1 is 1.38 bits per heavy atom. The first-order chi connectivity index (χ1) is 7.75. The van der Waals surface area contributed by atoms with E-state index in [1.54, 1.807) is 4.68 Å². The molecule has 1 N–H and O–H groups in total. The Morgan fingerprint density at radius 3 is 3.00 bits per heavy atom. The first-order valence-electron chi connectivity index (χ1n) is 5.23. The van der Waals surface area contributed by atoms with Gasteiger partial charge < -0.3 is 4.74 Å². The number of fused-ring (bicyclic) bond motifs is 1. The number of rotatable bonds is 1. The van der Waals surface area contributed by atoms with Crippen molar-refractivity contribution in [2.75, 3.05) is 0 Å². The van der Waals surface area contributed by atoms with Gasteiger partial charge in [0.15, 0.2) is 0 Å². The van der Waals surface area contributed by atoms with Crippen molar-refractivity contribution in [2.45, 2.75) is 20.1 Å². The van der Waals surface area contributed by atoms with E-state index in [4.69, 9.17) is 4.74 Å². The van der Waals surface area contributed by atoms with Gasteiger partial charge in [-0.15, -0.1) is 0 Å². The molecule has 0 atom stereocenters. The second-order valence-electron chi connectivity index (χ2n) is 4.04. The summed E-state index contributed by atoms with van der Waals surface area (Å²) < 4.78 is 6.79. The van der Waals surface area contributed by atoms with Crippen LogP contribution >= 0.6 is 0 Å². The molecule has 0 radical (unpaired) electrons. The molecular formula is C12H12N2O2. The Hall–Kier alpha value is -1.81. The van der Waals surface area contributed by atoms with E-state index in [2.05, 4.69) is 5.10 Å². The molecule has 0 saturated heterocycles. The van der Waals surface area contributed by atoms with Gasteiger partial charge in [0.25, 0.3) is 5.56 Å². The van der Waals surface area contributed by atoms with Crippen molar-refractivity contribution in [2.24, 2.45) is 0 Å². The quantitative estimate of drug-likeness (QED) is 0.785. The van der Waals surface area contributed by atoms with Crippen LogP contribution in [-0.2, 0) is 18.0 Å². The molecule has 2 aromatic rings. The highest BCUT2D eigenvalue weighted by Crippen LogP contribution is 2.16. The highest BCUT2D eigenvalue weighted by Gasteiger charge is 2.20. The maximum absolute atomic E-state index is 12.0. The molecule has 0 aliphatic carbocycles. The molecule has 82 valence electrons. The van der Waals surface area contributed by atoms with Crippen LogP contribution in [0.2, 0.25) is 0 Å². The average molecular weight is 216 g/mol. The highest BCUT2D eigenvalue weighted by molar-refractivity contribution is 5.36. The SMILES string of the molecule is Cc1cccc(-n2[nH]c3c(c2=O)COC3)c1.